The normalized spacial score (nSPS) is 11.0. The van der Waals surface area contributed by atoms with Gasteiger partial charge in [-0.25, -0.2) is 4.98 Å². The minimum atomic E-state index is -0.236. The number of aromatic amines is 2. The highest BCUT2D eigenvalue weighted by Crippen LogP contribution is 2.12. The number of rotatable bonds is 5. The fourth-order valence-corrected chi connectivity index (χ4v) is 3.45. The van der Waals surface area contributed by atoms with Crippen molar-refractivity contribution in [2.24, 2.45) is 0 Å². The molecule has 2 aromatic carbocycles. The third-order valence-corrected chi connectivity index (χ3v) is 5.06. The SMILES string of the molecule is Cc1nc(-n2[nH]c(C)c(Cc3ccccc3)c2=O)[nH]c(=O)c1Cc1ccccc1. The lowest BCUT2D eigenvalue weighted by Crippen LogP contribution is -2.25. The molecule has 6 heteroatoms. The number of aryl methyl sites for hydroxylation is 2. The molecule has 6 nitrogen and oxygen atoms in total. The van der Waals surface area contributed by atoms with Crippen molar-refractivity contribution in [2.75, 3.05) is 0 Å². The van der Waals surface area contributed by atoms with Gasteiger partial charge < -0.3 is 0 Å². The molecular formula is C23H22N4O2. The van der Waals surface area contributed by atoms with E-state index in [2.05, 4.69) is 15.1 Å². The van der Waals surface area contributed by atoms with Crippen LogP contribution >= 0.6 is 0 Å². The van der Waals surface area contributed by atoms with Gasteiger partial charge in [0, 0.05) is 29.7 Å². The van der Waals surface area contributed by atoms with Gasteiger partial charge in [-0.15, -0.1) is 0 Å². The lowest BCUT2D eigenvalue weighted by molar-refractivity contribution is 0.755. The van der Waals surface area contributed by atoms with Gasteiger partial charge in [0.2, 0.25) is 5.95 Å². The van der Waals surface area contributed by atoms with Crippen LogP contribution in [0.4, 0.5) is 0 Å². The molecule has 0 fully saturated rings. The smallest absolute Gasteiger partial charge is 0.277 e. The van der Waals surface area contributed by atoms with Crippen LogP contribution < -0.4 is 11.1 Å². The van der Waals surface area contributed by atoms with E-state index in [1.807, 2.05) is 67.6 Å². The van der Waals surface area contributed by atoms with E-state index in [9.17, 15) is 9.59 Å². The molecule has 29 heavy (non-hydrogen) atoms. The van der Waals surface area contributed by atoms with E-state index in [1.165, 1.54) is 4.68 Å². The maximum Gasteiger partial charge on any atom is 0.277 e. The molecule has 0 atom stereocenters. The molecule has 0 unspecified atom stereocenters. The Morgan fingerprint density at radius 3 is 1.93 bits per heavy atom. The second-order valence-corrected chi connectivity index (χ2v) is 7.13. The Kier molecular flexibility index (Phi) is 4.99. The van der Waals surface area contributed by atoms with Crippen molar-refractivity contribution in [3.63, 3.8) is 0 Å². The lowest BCUT2D eigenvalue weighted by Gasteiger charge is -2.07. The van der Waals surface area contributed by atoms with E-state index in [0.29, 0.717) is 29.7 Å². The van der Waals surface area contributed by atoms with Crippen molar-refractivity contribution in [1.82, 2.24) is 19.7 Å². The molecule has 0 saturated carbocycles. The van der Waals surface area contributed by atoms with Crippen molar-refractivity contribution in [1.29, 1.82) is 0 Å². The average Bonchev–Trinajstić information content (AvgIpc) is 3.00. The molecule has 0 aliphatic carbocycles. The van der Waals surface area contributed by atoms with Crippen LogP contribution in [0.25, 0.3) is 5.95 Å². The minimum Gasteiger partial charge on any atom is -0.292 e. The Labute approximate surface area is 167 Å². The maximum absolute atomic E-state index is 13.0. The van der Waals surface area contributed by atoms with Crippen LogP contribution in [0.1, 0.15) is 33.6 Å². The summed E-state index contributed by atoms with van der Waals surface area (Å²) in [6, 6.07) is 19.6. The molecule has 2 aromatic heterocycles. The quantitative estimate of drug-likeness (QED) is 0.553. The van der Waals surface area contributed by atoms with Crippen molar-refractivity contribution in [3.05, 3.63) is 115 Å². The minimum absolute atomic E-state index is 0.204. The third kappa shape index (κ3) is 3.82. The first-order chi connectivity index (χ1) is 14.0. The van der Waals surface area contributed by atoms with Crippen LogP contribution in [-0.4, -0.2) is 19.7 Å². The van der Waals surface area contributed by atoms with E-state index in [-0.39, 0.29) is 17.1 Å². The van der Waals surface area contributed by atoms with Gasteiger partial charge in [-0.3, -0.25) is 19.7 Å². The molecule has 0 bridgehead atoms. The predicted octanol–water partition coefficient (Wildman–Crippen LogP) is 3.05. The molecule has 4 rings (SSSR count). The van der Waals surface area contributed by atoms with E-state index in [4.69, 9.17) is 0 Å². The molecule has 0 spiro atoms. The van der Waals surface area contributed by atoms with Gasteiger partial charge in [0.15, 0.2) is 0 Å². The van der Waals surface area contributed by atoms with Gasteiger partial charge in [-0.2, -0.15) is 4.68 Å². The maximum atomic E-state index is 13.0. The Bertz CT molecular complexity index is 1250. The summed E-state index contributed by atoms with van der Waals surface area (Å²) in [7, 11) is 0. The number of hydrogen-bond donors (Lipinski definition) is 2. The van der Waals surface area contributed by atoms with Crippen molar-refractivity contribution in [3.8, 4) is 5.95 Å². The van der Waals surface area contributed by atoms with Gasteiger partial charge in [0.1, 0.15) is 0 Å². The molecule has 0 aliphatic heterocycles. The van der Waals surface area contributed by atoms with Gasteiger partial charge in [0.25, 0.3) is 11.1 Å². The van der Waals surface area contributed by atoms with Crippen molar-refractivity contribution >= 4 is 0 Å². The largest absolute Gasteiger partial charge is 0.292 e. The molecule has 0 saturated heterocycles. The summed E-state index contributed by atoms with van der Waals surface area (Å²) in [5.41, 5.74) is 4.27. The van der Waals surface area contributed by atoms with Gasteiger partial charge in [-0.1, -0.05) is 60.7 Å². The van der Waals surface area contributed by atoms with Crippen LogP contribution in [0.2, 0.25) is 0 Å². The summed E-state index contributed by atoms with van der Waals surface area (Å²) in [5, 5.41) is 3.04. The highest BCUT2D eigenvalue weighted by Gasteiger charge is 2.16. The number of aromatic nitrogens is 4. The summed E-state index contributed by atoms with van der Waals surface area (Å²) in [4.78, 5) is 32.9. The monoisotopic (exact) mass is 386 g/mol. The molecular weight excluding hydrogens is 364 g/mol. The molecule has 2 heterocycles. The predicted molar refractivity (Wildman–Crippen MR) is 113 cm³/mol. The first kappa shape index (κ1) is 18.7. The fraction of sp³-hybridized carbons (Fsp3) is 0.174. The zero-order chi connectivity index (χ0) is 20.4. The zero-order valence-corrected chi connectivity index (χ0v) is 16.4. The van der Waals surface area contributed by atoms with Gasteiger partial charge in [-0.05, 0) is 25.0 Å². The number of nitrogens with one attached hydrogen (secondary N) is 2. The first-order valence-corrected chi connectivity index (χ1v) is 9.51. The van der Waals surface area contributed by atoms with Crippen molar-refractivity contribution < 1.29 is 0 Å². The summed E-state index contributed by atoms with van der Waals surface area (Å²) in [6.45, 7) is 3.65. The Morgan fingerprint density at radius 2 is 1.38 bits per heavy atom. The second-order valence-electron chi connectivity index (χ2n) is 7.13. The van der Waals surface area contributed by atoms with Crippen LogP contribution in [0.5, 0.6) is 0 Å². The summed E-state index contributed by atoms with van der Waals surface area (Å²) < 4.78 is 1.31. The van der Waals surface area contributed by atoms with Crippen LogP contribution in [0.3, 0.4) is 0 Å². The molecule has 0 aliphatic rings. The Hall–Kier alpha value is -3.67. The van der Waals surface area contributed by atoms with Crippen LogP contribution in [-0.2, 0) is 12.8 Å². The van der Waals surface area contributed by atoms with E-state index in [0.717, 1.165) is 16.8 Å². The summed E-state index contributed by atoms with van der Waals surface area (Å²) >= 11 is 0. The standard InChI is InChI=1S/C23H22N4O2/c1-15-19(13-17-9-5-3-6-10-17)21(28)25-23(24-15)27-22(29)20(16(2)26-27)14-18-11-7-4-8-12-18/h3-12,26H,13-14H2,1-2H3,(H,24,25,28). The topological polar surface area (TPSA) is 83.5 Å². The number of H-pyrrole nitrogens is 2. The molecule has 2 N–H and O–H groups in total. The third-order valence-electron chi connectivity index (χ3n) is 5.06. The van der Waals surface area contributed by atoms with E-state index < -0.39 is 0 Å². The van der Waals surface area contributed by atoms with Crippen molar-refractivity contribution in [2.45, 2.75) is 26.7 Å². The van der Waals surface area contributed by atoms with E-state index >= 15 is 0 Å². The summed E-state index contributed by atoms with van der Waals surface area (Å²) in [6.07, 6.45) is 1.01. The summed E-state index contributed by atoms with van der Waals surface area (Å²) in [5.74, 6) is 0.205. The second kappa shape index (κ2) is 7.75. The lowest BCUT2D eigenvalue weighted by atomic mass is 10.1. The number of nitrogens with zero attached hydrogens (tertiary/aromatic N) is 2. The Morgan fingerprint density at radius 1 is 0.828 bits per heavy atom. The molecule has 4 aromatic rings. The van der Waals surface area contributed by atoms with Gasteiger partial charge >= 0.3 is 0 Å². The highest BCUT2D eigenvalue weighted by atomic mass is 16.1. The Balaban J connectivity index is 1.70. The zero-order valence-electron chi connectivity index (χ0n) is 16.4. The molecule has 146 valence electrons. The first-order valence-electron chi connectivity index (χ1n) is 9.51. The average molecular weight is 386 g/mol. The number of benzene rings is 2. The van der Waals surface area contributed by atoms with Crippen LogP contribution in [0, 0.1) is 13.8 Å². The molecule has 0 amide bonds. The number of hydrogen-bond acceptors (Lipinski definition) is 3. The van der Waals surface area contributed by atoms with Crippen LogP contribution in [0.15, 0.2) is 70.3 Å². The van der Waals surface area contributed by atoms with Gasteiger partial charge in [0.05, 0.1) is 5.69 Å². The highest BCUT2D eigenvalue weighted by molar-refractivity contribution is 5.31. The fourth-order valence-electron chi connectivity index (χ4n) is 3.45. The van der Waals surface area contributed by atoms with E-state index in [1.54, 1.807) is 6.92 Å². The molecule has 0 radical (unpaired) electrons.